The van der Waals surface area contributed by atoms with Crippen molar-refractivity contribution in [1.29, 1.82) is 0 Å². The van der Waals surface area contributed by atoms with E-state index in [2.05, 4.69) is 33.0 Å². The van der Waals surface area contributed by atoms with Crippen molar-refractivity contribution >= 4 is 15.9 Å². The van der Waals surface area contributed by atoms with Crippen LogP contribution < -0.4 is 4.74 Å². The van der Waals surface area contributed by atoms with Gasteiger partial charge in [-0.25, -0.2) is 4.98 Å². The molecule has 1 aliphatic carbocycles. The van der Waals surface area contributed by atoms with Crippen molar-refractivity contribution in [2.45, 2.75) is 32.6 Å². The maximum Gasteiger partial charge on any atom is 0.233 e. The highest BCUT2D eigenvalue weighted by Crippen LogP contribution is 2.31. The Morgan fingerprint density at radius 3 is 2.68 bits per heavy atom. The van der Waals surface area contributed by atoms with Gasteiger partial charge in [-0.05, 0) is 83.4 Å². The molecule has 1 aliphatic rings. The van der Waals surface area contributed by atoms with E-state index in [0.29, 0.717) is 5.88 Å². The van der Waals surface area contributed by atoms with Crippen molar-refractivity contribution < 1.29 is 4.74 Å². The van der Waals surface area contributed by atoms with Crippen LogP contribution in [0.1, 0.15) is 29.5 Å². The number of fused-ring (bicyclic) bond motifs is 1. The average molecular weight is 318 g/mol. The van der Waals surface area contributed by atoms with E-state index >= 15 is 0 Å². The molecule has 0 saturated carbocycles. The van der Waals surface area contributed by atoms with E-state index in [1.807, 2.05) is 25.3 Å². The molecule has 3 rings (SSSR count). The summed E-state index contributed by atoms with van der Waals surface area (Å²) in [7, 11) is 0. The summed E-state index contributed by atoms with van der Waals surface area (Å²) < 4.78 is 6.77. The number of ether oxygens (including phenoxy) is 1. The molecule has 0 bridgehead atoms. The summed E-state index contributed by atoms with van der Waals surface area (Å²) in [6.07, 6.45) is 6.76. The highest BCUT2D eigenvalue weighted by Gasteiger charge is 2.11. The lowest BCUT2D eigenvalue weighted by molar-refractivity contribution is 0.458. The van der Waals surface area contributed by atoms with Crippen molar-refractivity contribution in [1.82, 2.24) is 4.98 Å². The fourth-order valence-electron chi connectivity index (χ4n) is 2.48. The normalized spacial score (nSPS) is 14.0. The summed E-state index contributed by atoms with van der Waals surface area (Å²) in [4.78, 5) is 4.32. The molecule has 0 saturated heterocycles. The molecular formula is C16H16BrNO. The summed E-state index contributed by atoms with van der Waals surface area (Å²) in [5, 5.41) is 0. The molecule has 0 radical (unpaired) electrons. The second kappa shape index (κ2) is 5.33. The molecule has 1 aromatic carbocycles. The molecule has 0 N–H and O–H groups in total. The average Bonchev–Trinajstić information content (AvgIpc) is 2.42. The summed E-state index contributed by atoms with van der Waals surface area (Å²) in [5.74, 6) is 1.50. The van der Waals surface area contributed by atoms with Crippen molar-refractivity contribution in [3.8, 4) is 11.6 Å². The van der Waals surface area contributed by atoms with E-state index in [-0.39, 0.29) is 0 Å². The van der Waals surface area contributed by atoms with Gasteiger partial charge < -0.3 is 4.74 Å². The number of aromatic nitrogens is 1. The highest BCUT2D eigenvalue weighted by atomic mass is 79.9. The van der Waals surface area contributed by atoms with E-state index < -0.39 is 0 Å². The monoisotopic (exact) mass is 317 g/mol. The number of benzene rings is 1. The SMILES string of the molecule is Cc1cnc(Oc2ccc3c(c2)CCCC3)c(Br)c1. The Bertz CT molecular complexity index is 610. The predicted molar refractivity (Wildman–Crippen MR) is 79.8 cm³/mol. The minimum Gasteiger partial charge on any atom is -0.438 e. The molecular weight excluding hydrogens is 302 g/mol. The molecule has 3 heteroatoms. The minimum atomic E-state index is 0.626. The Kier molecular flexibility index (Phi) is 3.56. The van der Waals surface area contributed by atoms with Crippen LogP contribution >= 0.6 is 15.9 Å². The Morgan fingerprint density at radius 1 is 1.11 bits per heavy atom. The molecule has 1 heterocycles. The molecule has 19 heavy (non-hydrogen) atoms. The molecule has 0 atom stereocenters. The standard InChI is InChI=1S/C16H16BrNO/c1-11-8-15(17)16(18-10-11)19-14-7-6-12-4-2-3-5-13(12)9-14/h6-10H,2-5H2,1H3. The molecule has 0 spiro atoms. The Morgan fingerprint density at radius 2 is 1.89 bits per heavy atom. The van der Waals surface area contributed by atoms with Crippen LogP contribution in [-0.4, -0.2) is 4.98 Å². The number of halogens is 1. The number of hydrogen-bond donors (Lipinski definition) is 0. The van der Waals surface area contributed by atoms with Crippen molar-refractivity contribution in [2.75, 3.05) is 0 Å². The molecule has 0 amide bonds. The zero-order valence-corrected chi connectivity index (χ0v) is 12.5. The van der Waals surface area contributed by atoms with Crippen LogP contribution in [0.2, 0.25) is 0 Å². The zero-order chi connectivity index (χ0) is 13.2. The van der Waals surface area contributed by atoms with E-state index in [0.717, 1.165) is 22.2 Å². The van der Waals surface area contributed by atoms with E-state index in [1.165, 1.54) is 30.4 Å². The summed E-state index contributed by atoms with van der Waals surface area (Å²) in [5.41, 5.74) is 4.01. The molecule has 98 valence electrons. The predicted octanol–water partition coefficient (Wildman–Crippen LogP) is 4.82. The fourth-order valence-corrected chi connectivity index (χ4v) is 3.03. The second-order valence-corrected chi connectivity index (χ2v) is 5.89. The number of aryl methyl sites for hydroxylation is 3. The van der Waals surface area contributed by atoms with Gasteiger partial charge in [0.15, 0.2) is 0 Å². The van der Waals surface area contributed by atoms with E-state index in [9.17, 15) is 0 Å². The Labute approximate surface area is 122 Å². The van der Waals surface area contributed by atoms with Gasteiger partial charge in [0.2, 0.25) is 5.88 Å². The molecule has 2 aromatic rings. The van der Waals surface area contributed by atoms with Gasteiger partial charge in [0.25, 0.3) is 0 Å². The third-order valence-corrected chi connectivity index (χ3v) is 4.05. The van der Waals surface area contributed by atoms with Gasteiger partial charge in [-0.2, -0.15) is 0 Å². The highest BCUT2D eigenvalue weighted by molar-refractivity contribution is 9.10. The maximum atomic E-state index is 5.87. The first kappa shape index (κ1) is 12.7. The summed E-state index contributed by atoms with van der Waals surface area (Å²) in [6.45, 7) is 2.01. The van der Waals surface area contributed by atoms with E-state index in [1.54, 1.807) is 0 Å². The van der Waals surface area contributed by atoms with Gasteiger partial charge >= 0.3 is 0 Å². The topological polar surface area (TPSA) is 22.1 Å². The first-order valence-electron chi connectivity index (χ1n) is 6.64. The lowest BCUT2D eigenvalue weighted by Gasteiger charge is -2.16. The molecule has 1 aromatic heterocycles. The largest absolute Gasteiger partial charge is 0.438 e. The van der Waals surface area contributed by atoms with Crippen LogP contribution in [0.15, 0.2) is 34.9 Å². The fraction of sp³-hybridized carbons (Fsp3) is 0.312. The van der Waals surface area contributed by atoms with Crippen LogP contribution in [0.3, 0.4) is 0 Å². The quantitative estimate of drug-likeness (QED) is 0.792. The summed E-state index contributed by atoms with van der Waals surface area (Å²) in [6, 6.07) is 8.40. The maximum absolute atomic E-state index is 5.87. The number of hydrogen-bond acceptors (Lipinski definition) is 2. The van der Waals surface area contributed by atoms with Crippen LogP contribution in [0.4, 0.5) is 0 Å². The van der Waals surface area contributed by atoms with Crippen molar-refractivity contribution in [3.05, 3.63) is 51.6 Å². The van der Waals surface area contributed by atoms with Gasteiger partial charge in [0, 0.05) is 6.20 Å². The number of pyridine rings is 1. The second-order valence-electron chi connectivity index (χ2n) is 5.04. The van der Waals surface area contributed by atoms with Gasteiger partial charge in [0.05, 0.1) is 4.47 Å². The Balaban J connectivity index is 1.87. The first-order chi connectivity index (χ1) is 9.22. The van der Waals surface area contributed by atoms with Crippen LogP contribution in [0, 0.1) is 6.92 Å². The molecule has 0 unspecified atom stereocenters. The third-order valence-electron chi connectivity index (χ3n) is 3.48. The molecule has 0 fully saturated rings. The molecule has 2 nitrogen and oxygen atoms in total. The Hall–Kier alpha value is -1.35. The summed E-state index contributed by atoms with van der Waals surface area (Å²) >= 11 is 3.49. The van der Waals surface area contributed by atoms with E-state index in [4.69, 9.17) is 4.74 Å². The van der Waals surface area contributed by atoms with Gasteiger partial charge in [-0.3, -0.25) is 0 Å². The van der Waals surface area contributed by atoms with Crippen LogP contribution in [0.5, 0.6) is 11.6 Å². The number of nitrogens with zero attached hydrogens (tertiary/aromatic N) is 1. The van der Waals surface area contributed by atoms with Gasteiger partial charge in [0.1, 0.15) is 5.75 Å². The van der Waals surface area contributed by atoms with Crippen LogP contribution in [0.25, 0.3) is 0 Å². The van der Waals surface area contributed by atoms with Crippen LogP contribution in [-0.2, 0) is 12.8 Å². The van der Waals surface area contributed by atoms with Gasteiger partial charge in [-0.1, -0.05) is 6.07 Å². The first-order valence-corrected chi connectivity index (χ1v) is 7.43. The smallest absolute Gasteiger partial charge is 0.233 e. The number of rotatable bonds is 2. The molecule has 0 aliphatic heterocycles. The van der Waals surface area contributed by atoms with Crippen molar-refractivity contribution in [3.63, 3.8) is 0 Å². The minimum absolute atomic E-state index is 0.626. The third kappa shape index (κ3) is 2.81. The van der Waals surface area contributed by atoms with Gasteiger partial charge in [-0.15, -0.1) is 0 Å². The van der Waals surface area contributed by atoms with Crippen molar-refractivity contribution in [2.24, 2.45) is 0 Å². The lowest BCUT2D eigenvalue weighted by Crippen LogP contribution is -2.02. The lowest BCUT2D eigenvalue weighted by atomic mass is 9.92. The zero-order valence-electron chi connectivity index (χ0n) is 10.9.